The molecule has 2 heterocycles. The molecule has 3 rings (SSSR count). The molecule has 0 unspecified atom stereocenters. The number of esters is 1. The summed E-state index contributed by atoms with van der Waals surface area (Å²) < 4.78 is 5.09. The highest BCUT2D eigenvalue weighted by Gasteiger charge is 2.25. The fourth-order valence-electron chi connectivity index (χ4n) is 4.04. The SMILES string of the molecule is CCOC(=O)c1[nH]c(C)c(C(=O)CN2CCCN(Cc3ccccc3)CC2)c1C. The first-order chi connectivity index (χ1) is 14.0. The van der Waals surface area contributed by atoms with Gasteiger partial charge in [-0.1, -0.05) is 30.3 Å². The van der Waals surface area contributed by atoms with Gasteiger partial charge in [0.1, 0.15) is 5.69 Å². The number of benzene rings is 1. The summed E-state index contributed by atoms with van der Waals surface area (Å²) in [5.74, 6) is -0.346. The molecule has 0 amide bonds. The largest absolute Gasteiger partial charge is 0.461 e. The Labute approximate surface area is 172 Å². The lowest BCUT2D eigenvalue weighted by molar-refractivity contribution is 0.0519. The lowest BCUT2D eigenvalue weighted by Crippen LogP contribution is -2.34. The summed E-state index contributed by atoms with van der Waals surface area (Å²) in [6.45, 7) is 10.8. The first-order valence-corrected chi connectivity index (χ1v) is 10.4. The van der Waals surface area contributed by atoms with Crippen LogP contribution in [0.2, 0.25) is 0 Å². The van der Waals surface area contributed by atoms with Gasteiger partial charge in [-0.2, -0.15) is 0 Å². The lowest BCUT2D eigenvalue weighted by atomic mass is 10.1. The van der Waals surface area contributed by atoms with Crippen LogP contribution >= 0.6 is 0 Å². The van der Waals surface area contributed by atoms with Gasteiger partial charge in [0.25, 0.3) is 0 Å². The van der Waals surface area contributed by atoms with E-state index in [2.05, 4.69) is 39.0 Å². The molecular weight excluding hydrogens is 366 g/mol. The summed E-state index contributed by atoms with van der Waals surface area (Å²) in [6, 6.07) is 10.5. The molecule has 0 radical (unpaired) electrons. The number of ketones is 1. The summed E-state index contributed by atoms with van der Waals surface area (Å²) in [5, 5.41) is 0. The summed E-state index contributed by atoms with van der Waals surface area (Å²) in [6.07, 6.45) is 1.04. The Hall–Kier alpha value is -2.44. The second-order valence-corrected chi connectivity index (χ2v) is 7.66. The zero-order valence-electron chi connectivity index (χ0n) is 17.7. The standard InChI is InChI=1S/C23H31N3O3/c1-4-29-23(28)22-17(2)21(18(3)24-22)20(27)16-26-12-8-11-25(13-14-26)15-19-9-6-5-7-10-19/h5-7,9-10,24H,4,8,11-16H2,1-3H3. The van der Waals surface area contributed by atoms with Crippen LogP contribution in [0, 0.1) is 13.8 Å². The van der Waals surface area contributed by atoms with Gasteiger partial charge in [0.15, 0.2) is 5.78 Å². The molecule has 1 aromatic heterocycles. The molecule has 2 aromatic rings. The molecule has 6 heteroatoms. The highest BCUT2D eigenvalue weighted by atomic mass is 16.5. The maximum atomic E-state index is 13.0. The number of nitrogens with one attached hydrogen (secondary N) is 1. The van der Waals surface area contributed by atoms with E-state index in [1.807, 2.05) is 19.9 Å². The fraction of sp³-hybridized carbons (Fsp3) is 0.478. The van der Waals surface area contributed by atoms with Crippen molar-refractivity contribution in [1.82, 2.24) is 14.8 Å². The molecule has 1 aromatic carbocycles. The molecule has 6 nitrogen and oxygen atoms in total. The Morgan fingerprint density at radius 1 is 1.03 bits per heavy atom. The van der Waals surface area contributed by atoms with Gasteiger partial charge in [-0.15, -0.1) is 0 Å². The van der Waals surface area contributed by atoms with Crippen LogP contribution in [0.4, 0.5) is 0 Å². The highest BCUT2D eigenvalue weighted by molar-refractivity contribution is 6.03. The van der Waals surface area contributed by atoms with E-state index in [4.69, 9.17) is 4.74 Å². The number of rotatable bonds is 7. The molecule has 1 aliphatic rings. The van der Waals surface area contributed by atoms with E-state index >= 15 is 0 Å². The molecule has 1 N–H and O–H groups in total. The Morgan fingerprint density at radius 3 is 2.45 bits per heavy atom. The normalized spacial score (nSPS) is 15.8. The molecule has 156 valence electrons. The van der Waals surface area contributed by atoms with E-state index in [0.29, 0.717) is 30.0 Å². The van der Waals surface area contributed by atoms with Gasteiger partial charge in [-0.3, -0.25) is 14.6 Å². The monoisotopic (exact) mass is 397 g/mol. The van der Waals surface area contributed by atoms with Crippen molar-refractivity contribution < 1.29 is 14.3 Å². The number of hydrogen-bond donors (Lipinski definition) is 1. The number of ether oxygens (including phenoxy) is 1. The van der Waals surface area contributed by atoms with Crippen LogP contribution in [0.15, 0.2) is 30.3 Å². The van der Waals surface area contributed by atoms with E-state index in [1.165, 1.54) is 5.56 Å². The highest BCUT2D eigenvalue weighted by Crippen LogP contribution is 2.20. The van der Waals surface area contributed by atoms with Gasteiger partial charge in [0, 0.05) is 30.9 Å². The fourth-order valence-corrected chi connectivity index (χ4v) is 4.04. The summed E-state index contributed by atoms with van der Waals surface area (Å²) in [7, 11) is 0. The van der Waals surface area contributed by atoms with Crippen molar-refractivity contribution in [1.29, 1.82) is 0 Å². The summed E-state index contributed by atoms with van der Waals surface area (Å²) in [5.41, 5.74) is 3.75. The number of carbonyl (C=O) groups excluding carboxylic acids is 2. The first-order valence-electron chi connectivity index (χ1n) is 10.4. The predicted octanol–water partition coefficient (Wildman–Crippen LogP) is 3.20. The van der Waals surface area contributed by atoms with Crippen LogP contribution in [0.3, 0.4) is 0 Å². The molecule has 0 aliphatic carbocycles. The van der Waals surface area contributed by atoms with Crippen molar-refractivity contribution in [3.63, 3.8) is 0 Å². The molecular formula is C23H31N3O3. The third kappa shape index (κ3) is 5.34. The van der Waals surface area contributed by atoms with E-state index in [-0.39, 0.29) is 5.78 Å². The van der Waals surface area contributed by atoms with E-state index in [9.17, 15) is 9.59 Å². The van der Waals surface area contributed by atoms with Crippen LogP contribution in [0.5, 0.6) is 0 Å². The number of hydrogen-bond acceptors (Lipinski definition) is 5. The Balaban J connectivity index is 1.60. The first kappa shape index (κ1) is 21.3. The second-order valence-electron chi connectivity index (χ2n) is 7.66. The van der Waals surface area contributed by atoms with E-state index in [1.54, 1.807) is 6.92 Å². The average molecular weight is 398 g/mol. The van der Waals surface area contributed by atoms with Crippen molar-refractivity contribution in [2.24, 2.45) is 0 Å². The van der Waals surface area contributed by atoms with E-state index in [0.717, 1.165) is 44.8 Å². The Morgan fingerprint density at radius 2 is 1.72 bits per heavy atom. The number of aromatic nitrogens is 1. The number of aryl methyl sites for hydroxylation is 1. The van der Waals surface area contributed by atoms with Crippen LogP contribution < -0.4 is 0 Å². The van der Waals surface area contributed by atoms with Crippen molar-refractivity contribution in [2.45, 2.75) is 33.7 Å². The molecule has 1 fully saturated rings. The molecule has 1 saturated heterocycles. The molecule has 0 spiro atoms. The van der Waals surface area contributed by atoms with Crippen LogP contribution in [0.25, 0.3) is 0 Å². The molecule has 0 saturated carbocycles. The number of aromatic amines is 1. The smallest absolute Gasteiger partial charge is 0.355 e. The second kappa shape index (κ2) is 9.85. The van der Waals surface area contributed by atoms with Crippen molar-refractivity contribution in [3.8, 4) is 0 Å². The zero-order valence-corrected chi connectivity index (χ0v) is 17.7. The lowest BCUT2D eigenvalue weighted by Gasteiger charge is -2.21. The molecule has 29 heavy (non-hydrogen) atoms. The minimum Gasteiger partial charge on any atom is -0.461 e. The number of nitrogens with zero attached hydrogens (tertiary/aromatic N) is 2. The van der Waals surface area contributed by atoms with Crippen molar-refractivity contribution in [2.75, 3.05) is 39.3 Å². The average Bonchev–Trinajstić information content (AvgIpc) is 2.85. The maximum absolute atomic E-state index is 13.0. The van der Waals surface area contributed by atoms with Gasteiger partial charge in [-0.25, -0.2) is 4.79 Å². The third-order valence-corrected chi connectivity index (χ3v) is 5.49. The van der Waals surface area contributed by atoms with Crippen molar-refractivity contribution in [3.05, 3.63) is 58.4 Å². The Bertz CT molecular complexity index is 845. The summed E-state index contributed by atoms with van der Waals surface area (Å²) in [4.78, 5) is 32.8. The Kier molecular flexibility index (Phi) is 7.23. The number of carbonyl (C=O) groups is 2. The molecule has 1 aliphatic heterocycles. The van der Waals surface area contributed by atoms with Crippen LogP contribution in [-0.4, -0.2) is 65.9 Å². The summed E-state index contributed by atoms with van der Waals surface area (Å²) >= 11 is 0. The van der Waals surface area contributed by atoms with Crippen LogP contribution in [0.1, 0.15) is 51.0 Å². The predicted molar refractivity (Wildman–Crippen MR) is 113 cm³/mol. The molecule has 0 atom stereocenters. The van der Waals surface area contributed by atoms with Gasteiger partial charge < -0.3 is 9.72 Å². The van der Waals surface area contributed by atoms with Gasteiger partial charge >= 0.3 is 5.97 Å². The zero-order chi connectivity index (χ0) is 20.8. The van der Waals surface area contributed by atoms with Crippen LogP contribution in [-0.2, 0) is 11.3 Å². The third-order valence-electron chi connectivity index (χ3n) is 5.49. The number of Topliss-reactive ketones (excluding diaryl/α,β-unsaturated/α-hetero) is 1. The number of H-pyrrole nitrogens is 1. The maximum Gasteiger partial charge on any atom is 0.355 e. The van der Waals surface area contributed by atoms with Crippen molar-refractivity contribution >= 4 is 11.8 Å². The van der Waals surface area contributed by atoms with Gasteiger partial charge in [0.2, 0.25) is 0 Å². The van der Waals surface area contributed by atoms with E-state index < -0.39 is 5.97 Å². The van der Waals surface area contributed by atoms with Gasteiger partial charge in [-0.05, 0) is 51.4 Å². The minimum absolute atomic E-state index is 0.0586. The quantitative estimate of drug-likeness (QED) is 0.574. The molecule has 0 bridgehead atoms. The minimum atomic E-state index is -0.404. The van der Waals surface area contributed by atoms with Gasteiger partial charge in [0.05, 0.1) is 13.2 Å². The topological polar surface area (TPSA) is 65.6 Å².